The van der Waals surface area contributed by atoms with Gasteiger partial charge in [0.15, 0.2) is 0 Å². The number of allylic oxidation sites excluding steroid dienone is 2. The molecule has 5 nitrogen and oxygen atoms in total. The zero-order valence-electron chi connectivity index (χ0n) is 26.3. The molecule has 0 unspecified atom stereocenters. The fourth-order valence-electron chi connectivity index (χ4n) is 6.76. The number of aromatic nitrogens is 5. The molecule has 0 aliphatic carbocycles. The van der Waals surface area contributed by atoms with Crippen LogP contribution in [-0.2, 0) is 0 Å². The molecule has 0 radical (unpaired) electrons. The minimum atomic E-state index is 0.857. The van der Waals surface area contributed by atoms with E-state index in [1.807, 2.05) is 42.0 Å². The van der Waals surface area contributed by atoms with E-state index < -0.39 is 0 Å². The standard InChI is InChI=1S/C43H29N5/c1-3-4-10-34-27(2)41-33(9-7-23-44-41)26-35(34)29-15-13-28(14-16-29)32-20-21-37-36(25-32)39-11-5-12-40(48(39)47-37)38-22-19-31-18-17-30-8-6-24-45-42(30)43(31)46-38/h3-26H,2H2,1H3/b4-3-,34-10+. The van der Waals surface area contributed by atoms with E-state index >= 15 is 0 Å². The van der Waals surface area contributed by atoms with Gasteiger partial charge in [-0.15, -0.1) is 0 Å². The van der Waals surface area contributed by atoms with Gasteiger partial charge in [0, 0.05) is 39.2 Å². The summed E-state index contributed by atoms with van der Waals surface area (Å²) in [6.07, 6.45) is 9.86. The Kier molecular flexibility index (Phi) is 6.44. The first-order chi connectivity index (χ1) is 23.7. The second kappa shape index (κ2) is 11.1. The van der Waals surface area contributed by atoms with E-state index in [0.29, 0.717) is 0 Å². The van der Waals surface area contributed by atoms with Gasteiger partial charge in [0.25, 0.3) is 0 Å². The normalized spacial score (nSPS) is 12.4. The van der Waals surface area contributed by atoms with Gasteiger partial charge in [-0.05, 0) is 82.9 Å². The van der Waals surface area contributed by atoms with Crippen LogP contribution >= 0.6 is 0 Å². The lowest BCUT2D eigenvalue weighted by atomic mass is 9.96. The molecule has 0 saturated heterocycles. The van der Waals surface area contributed by atoms with Crippen molar-refractivity contribution in [2.45, 2.75) is 6.92 Å². The highest BCUT2D eigenvalue weighted by Crippen LogP contribution is 2.32. The Morgan fingerprint density at radius 2 is 1.38 bits per heavy atom. The number of hydrogen-bond acceptors (Lipinski definition) is 4. The van der Waals surface area contributed by atoms with Gasteiger partial charge >= 0.3 is 0 Å². The van der Waals surface area contributed by atoms with E-state index in [-0.39, 0.29) is 0 Å². The average Bonchev–Trinajstić information content (AvgIpc) is 3.52. The van der Waals surface area contributed by atoms with Crippen LogP contribution in [0.25, 0.3) is 95.4 Å². The van der Waals surface area contributed by atoms with Crippen LogP contribution in [0.1, 0.15) is 6.92 Å². The average molecular weight is 616 g/mol. The third-order valence-electron chi connectivity index (χ3n) is 9.16. The van der Waals surface area contributed by atoms with Crippen LogP contribution in [0.2, 0.25) is 0 Å². The lowest BCUT2D eigenvalue weighted by molar-refractivity contribution is 0.984. The van der Waals surface area contributed by atoms with Gasteiger partial charge in [-0.2, -0.15) is 5.10 Å². The topological polar surface area (TPSA) is 56.0 Å². The van der Waals surface area contributed by atoms with Crippen LogP contribution in [0.15, 0.2) is 140 Å². The van der Waals surface area contributed by atoms with Crippen LogP contribution in [0.5, 0.6) is 0 Å². The van der Waals surface area contributed by atoms with Crippen LogP contribution in [0.3, 0.4) is 0 Å². The highest BCUT2D eigenvalue weighted by atomic mass is 15.2. The molecule has 0 N–H and O–H groups in total. The van der Waals surface area contributed by atoms with E-state index in [2.05, 4.69) is 132 Å². The highest BCUT2D eigenvalue weighted by Gasteiger charge is 2.14. The molecule has 0 atom stereocenters. The maximum atomic E-state index is 5.10. The van der Waals surface area contributed by atoms with Crippen molar-refractivity contribution in [2.24, 2.45) is 0 Å². The first kappa shape index (κ1) is 27.8. The fourth-order valence-corrected chi connectivity index (χ4v) is 6.76. The summed E-state index contributed by atoms with van der Waals surface area (Å²) >= 11 is 0. The SMILES string of the molecule is C=c1/c(=C\C=C/C)c(-c2ccc(-c3ccc4nn5c(-c6ccc7ccc8cccnc8c7n6)cccc5c4c3)cc2)cc2cccnc12. The Labute approximate surface area is 276 Å². The van der Waals surface area contributed by atoms with Gasteiger partial charge in [-0.25, -0.2) is 9.50 Å². The summed E-state index contributed by atoms with van der Waals surface area (Å²) in [5.74, 6) is 0. The van der Waals surface area contributed by atoms with Crippen molar-refractivity contribution in [3.8, 4) is 33.6 Å². The molecule has 0 spiro atoms. The van der Waals surface area contributed by atoms with Crippen LogP contribution in [0.4, 0.5) is 0 Å². The Morgan fingerprint density at radius 3 is 2.21 bits per heavy atom. The van der Waals surface area contributed by atoms with Gasteiger partial charge in [0.2, 0.25) is 0 Å². The van der Waals surface area contributed by atoms with Gasteiger partial charge < -0.3 is 0 Å². The van der Waals surface area contributed by atoms with Gasteiger partial charge in [0.05, 0.1) is 39.0 Å². The van der Waals surface area contributed by atoms with Crippen molar-refractivity contribution < 1.29 is 0 Å². The molecule has 5 heterocycles. The van der Waals surface area contributed by atoms with Gasteiger partial charge in [-0.1, -0.05) is 91.5 Å². The fraction of sp³-hybridized carbons (Fsp3) is 0.0233. The van der Waals surface area contributed by atoms with E-state index in [1.165, 1.54) is 0 Å². The molecule has 9 rings (SSSR count). The van der Waals surface area contributed by atoms with E-state index in [0.717, 1.165) is 93.2 Å². The third kappa shape index (κ3) is 4.48. The molecule has 0 amide bonds. The molecule has 0 aliphatic rings. The molecular formula is C43H29N5. The van der Waals surface area contributed by atoms with Crippen molar-refractivity contribution in [1.29, 1.82) is 0 Å². The van der Waals surface area contributed by atoms with Gasteiger partial charge in [0.1, 0.15) is 0 Å². The molecule has 5 aromatic heterocycles. The number of rotatable bonds is 4. The molecular weight excluding hydrogens is 587 g/mol. The molecule has 0 aliphatic heterocycles. The van der Waals surface area contributed by atoms with Crippen molar-refractivity contribution >= 4 is 61.8 Å². The quantitative estimate of drug-likeness (QED) is 0.186. The summed E-state index contributed by atoms with van der Waals surface area (Å²) in [6.45, 7) is 6.43. The molecule has 9 aromatic rings. The maximum Gasteiger partial charge on any atom is 0.0972 e. The summed E-state index contributed by atoms with van der Waals surface area (Å²) in [5.41, 5.74) is 11.1. The third-order valence-corrected chi connectivity index (χ3v) is 9.16. The Morgan fingerprint density at radius 1 is 0.646 bits per heavy atom. The minimum absolute atomic E-state index is 0.857. The van der Waals surface area contributed by atoms with Crippen LogP contribution in [0, 0.1) is 0 Å². The van der Waals surface area contributed by atoms with Crippen molar-refractivity contribution in [3.05, 3.63) is 150 Å². The summed E-state index contributed by atoms with van der Waals surface area (Å²) in [5, 5.41) is 11.4. The van der Waals surface area contributed by atoms with Crippen molar-refractivity contribution in [1.82, 2.24) is 24.6 Å². The number of nitrogens with zero attached hydrogens (tertiary/aromatic N) is 5. The Hall–Kier alpha value is -6.46. The monoisotopic (exact) mass is 615 g/mol. The summed E-state index contributed by atoms with van der Waals surface area (Å²) in [6, 6.07) is 40.3. The molecule has 0 saturated carbocycles. The van der Waals surface area contributed by atoms with Gasteiger partial charge in [-0.3, -0.25) is 9.97 Å². The first-order valence-electron chi connectivity index (χ1n) is 16.0. The van der Waals surface area contributed by atoms with E-state index in [4.69, 9.17) is 10.1 Å². The smallest absolute Gasteiger partial charge is 0.0972 e. The number of hydrogen-bond donors (Lipinski definition) is 0. The second-order valence-electron chi connectivity index (χ2n) is 12.0. The summed E-state index contributed by atoms with van der Waals surface area (Å²) in [7, 11) is 0. The zero-order chi connectivity index (χ0) is 32.2. The maximum absolute atomic E-state index is 5.10. The number of benzene rings is 4. The summed E-state index contributed by atoms with van der Waals surface area (Å²) in [4.78, 5) is 14.3. The molecule has 226 valence electrons. The first-order valence-corrected chi connectivity index (χ1v) is 16.0. The molecule has 48 heavy (non-hydrogen) atoms. The lowest BCUT2D eigenvalue weighted by Gasteiger charge is -2.09. The zero-order valence-corrected chi connectivity index (χ0v) is 26.3. The van der Waals surface area contributed by atoms with Crippen molar-refractivity contribution in [2.75, 3.05) is 0 Å². The molecule has 5 heteroatoms. The molecule has 0 fully saturated rings. The highest BCUT2D eigenvalue weighted by molar-refractivity contribution is 6.03. The molecule has 0 bridgehead atoms. The lowest BCUT2D eigenvalue weighted by Crippen LogP contribution is -2.26. The Bertz CT molecular complexity index is 2860. The largest absolute Gasteiger partial charge is 0.256 e. The minimum Gasteiger partial charge on any atom is -0.256 e. The van der Waals surface area contributed by atoms with E-state index in [1.54, 1.807) is 0 Å². The second-order valence-corrected chi connectivity index (χ2v) is 12.0. The van der Waals surface area contributed by atoms with Crippen molar-refractivity contribution in [3.63, 3.8) is 0 Å². The number of fused-ring (bicyclic) bond motifs is 7. The number of pyridine rings is 4. The predicted octanol–water partition coefficient (Wildman–Crippen LogP) is 8.90. The van der Waals surface area contributed by atoms with Crippen LogP contribution < -0.4 is 10.4 Å². The predicted molar refractivity (Wildman–Crippen MR) is 199 cm³/mol. The Balaban J connectivity index is 1.13. The molecule has 4 aromatic carbocycles. The summed E-state index contributed by atoms with van der Waals surface area (Å²) < 4.78 is 2.01. The van der Waals surface area contributed by atoms with E-state index in [9.17, 15) is 0 Å². The van der Waals surface area contributed by atoms with Crippen LogP contribution in [-0.4, -0.2) is 24.6 Å².